The lowest BCUT2D eigenvalue weighted by Crippen LogP contribution is -2.43. The molecule has 0 radical (unpaired) electrons. The molecule has 27 heavy (non-hydrogen) atoms. The molecule has 2 amide bonds. The van der Waals surface area contributed by atoms with Gasteiger partial charge < -0.3 is 10.1 Å². The lowest BCUT2D eigenvalue weighted by molar-refractivity contribution is -0.123. The molecule has 0 saturated carbocycles. The maximum Gasteiger partial charge on any atom is 0.265 e. The van der Waals surface area contributed by atoms with Crippen molar-refractivity contribution in [1.82, 2.24) is 4.98 Å². The van der Waals surface area contributed by atoms with E-state index in [1.54, 1.807) is 5.51 Å². The van der Waals surface area contributed by atoms with Gasteiger partial charge in [0.1, 0.15) is 12.3 Å². The number of ether oxygens (including phenoxy) is 1. The number of hydrogen-bond donors (Lipinski definition) is 1. The van der Waals surface area contributed by atoms with E-state index >= 15 is 0 Å². The lowest BCUT2D eigenvalue weighted by atomic mass is 10.1. The molecule has 4 rings (SSSR count). The van der Waals surface area contributed by atoms with Crippen molar-refractivity contribution in [3.05, 3.63) is 58.9 Å². The van der Waals surface area contributed by atoms with E-state index in [1.165, 1.54) is 16.2 Å². The van der Waals surface area contributed by atoms with E-state index in [2.05, 4.69) is 10.3 Å². The van der Waals surface area contributed by atoms with Gasteiger partial charge in [0.05, 0.1) is 16.9 Å². The number of para-hydroxylation sites is 1. The number of aromatic nitrogens is 1. The van der Waals surface area contributed by atoms with Gasteiger partial charge in [0.25, 0.3) is 5.91 Å². The summed E-state index contributed by atoms with van der Waals surface area (Å²) in [5, 5.41) is 4.80. The van der Waals surface area contributed by atoms with Crippen LogP contribution in [0.2, 0.25) is 0 Å². The van der Waals surface area contributed by atoms with Gasteiger partial charge in [-0.15, -0.1) is 11.3 Å². The van der Waals surface area contributed by atoms with Gasteiger partial charge in [-0.2, -0.15) is 0 Å². The van der Waals surface area contributed by atoms with Gasteiger partial charge in [-0.1, -0.05) is 18.2 Å². The third kappa shape index (κ3) is 3.54. The van der Waals surface area contributed by atoms with Crippen molar-refractivity contribution in [2.24, 2.45) is 0 Å². The Bertz CT molecular complexity index is 1000. The molecule has 136 valence electrons. The number of nitrogens with one attached hydrogen (secondary N) is 1. The zero-order chi connectivity index (χ0) is 18.8. The second-order valence-corrected chi connectivity index (χ2v) is 6.91. The molecule has 6 nitrogen and oxygen atoms in total. The number of benzene rings is 2. The molecule has 0 bridgehead atoms. The highest BCUT2D eigenvalue weighted by Crippen LogP contribution is 2.36. The van der Waals surface area contributed by atoms with Crippen molar-refractivity contribution in [2.45, 2.75) is 6.92 Å². The van der Waals surface area contributed by atoms with E-state index in [1.807, 2.05) is 54.8 Å². The van der Waals surface area contributed by atoms with Gasteiger partial charge in [0.15, 0.2) is 6.61 Å². The third-order valence-electron chi connectivity index (χ3n) is 4.35. The van der Waals surface area contributed by atoms with Crippen LogP contribution < -0.4 is 15.0 Å². The van der Waals surface area contributed by atoms with E-state index in [0.717, 1.165) is 22.5 Å². The molecule has 0 saturated heterocycles. The SMILES string of the molecule is Cc1ccccc1NC(=O)CN1C(=O)COc2ccc(-c3cscn3)cc21. The zero-order valence-electron chi connectivity index (χ0n) is 14.6. The van der Waals surface area contributed by atoms with Gasteiger partial charge in [0, 0.05) is 16.6 Å². The molecule has 1 aromatic heterocycles. The smallest absolute Gasteiger partial charge is 0.265 e. The minimum atomic E-state index is -0.260. The average Bonchev–Trinajstić information content (AvgIpc) is 3.20. The van der Waals surface area contributed by atoms with Crippen molar-refractivity contribution in [1.29, 1.82) is 0 Å². The molecule has 3 aromatic rings. The fraction of sp³-hybridized carbons (Fsp3) is 0.150. The van der Waals surface area contributed by atoms with Crippen LogP contribution in [0.4, 0.5) is 11.4 Å². The van der Waals surface area contributed by atoms with E-state index in [9.17, 15) is 9.59 Å². The van der Waals surface area contributed by atoms with Crippen LogP contribution in [-0.2, 0) is 9.59 Å². The Morgan fingerprint density at radius 1 is 1.30 bits per heavy atom. The van der Waals surface area contributed by atoms with E-state index in [-0.39, 0.29) is 25.0 Å². The van der Waals surface area contributed by atoms with Crippen LogP contribution in [0, 0.1) is 6.92 Å². The molecular formula is C20H17N3O3S. The number of nitrogens with zero attached hydrogens (tertiary/aromatic N) is 2. The van der Waals surface area contributed by atoms with Gasteiger partial charge in [0.2, 0.25) is 5.91 Å². The molecular weight excluding hydrogens is 362 g/mol. The van der Waals surface area contributed by atoms with Crippen molar-refractivity contribution >= 4 is 34.5 Å². The third-order valence-corrected chi connectivity index (χ3v) is 4.94. The Hall–Kier alpha value is -3.19. The van der Waals surface area contributed by atoms with Gasteiger partial charge in [-0.3, -0.25) is 14.5 Å². The Morgan fingerprint density at radius 3 is 2.93 bits per heavy atom. The molecule has 1 N–H and O–H groups in total. The van der Waals surface area contributed by atoms with Crippen molar-refractivity contribution in [3.8, 4) is 17.0 Å². The minimum absolute atomic E-state index is 0.0793. The fourth-order valence-corrected chi connectivity index (χ4v) is 3.50. The lowest BCUT2D eigenvalue weighted by Gasteiger charge is -2.29. The van der Waals surface area contributed by atoms with Crippen LogP contribution in [0.1, 0.15) is 5.56 Å². The average molecular weight is 379 g/mol. The van der Waals surface area contributed by atoms with Crippen LogP contribution >= 0.6 is 11.3 Å². The molecule has 7 heteroatoms. The van der Waals surface area contributed by atoms with Gasteiger partial charge in [-0.25, -0.2) is 4.98 Å². The highest BCUT2D eigenvalue weighted by Gasteiger charge is 2.28. The Morgan fingerprint density at radius 2 is 2.15 bits per heavy atom. The number of carbonyl (C=O) groups excluding carboxylic acids is 2. The van der Waals surface area contributed by atoms with Gasteiger partial charge in [-0.05, 0) is 36.8 Å². The van der Waals surface area contributed by atoms with E-state index in [4.69, 9.17) is 4.74 Å². The summed E-state index contributed by atoms with van der Waals surface area (Å²) in [5.41, 5.74) is 5.73. The number of thiazole rings is 1. The normalized spacial score (nSPS) is 13.1. The molecule has 0 fully saturated rings. The second-order valence-electron chi connectivity index (χ2n) is 6.19. The molecule has 2 heterocycles. The summed E-state index contributed by atoms with van der Waals surface area (Å²) < 4.78 is 5.52. The number of rotatable bonds is 4. The van der Waals surface area contributed by atoms with Crippen molar-refractivity contribution in [2.75, 3.05) is 23.4 Å². The second kappa shape index (κ2) is 7.20. The van der Waals surface area contributed by atoms with Gasteiger partial charge >= 0.3 is 0 Å². The van der Waals surface area contributed by atoms with Crippen LogP contribution in [-0.4, -0.2) is 29.9 Å². The summed E-state index contributed by atoms with van der Waals surface area (Å²) in [6.07, 6.45) is 0. The maximum absolute atomic E-state index is 12.5. The quantitative estimate of drug-likeness (QED) is 0.753. The fourth-order valence-electron chi connectivity index (χ4n) is 2.94. The Labute approximate surface area is 160 Å². The van der Waals surface area contributed by atoms with Crippen LogP contribution in [0.25, 0.3) is 11.3 Å². The first-order valence-electron chi connectivity index (χ1n) is 8.43. The summed E-state index contributed by atoms with van der Waals surface area (Å²) in [7, 11) is 0. The highest BCUT2D eigenvalue weighted by molar-refractivity contribution is 7.07. The van der Waals surface area contributed by atoms with Crippen LogP contribution in [0.5, 0.6) is 5.75 Å². The minimum Gasteiger partial charge on any atom is -0.482 e. The number of aryl methyl sites for hydroxylation is 1. The molecule has 0 unspecified atom stereocenters. The summed E-state index contributed by atoms with van der Waals surface area (Å²) in [6, 6.07) is 13.1. The first-order valence-corrected chi connectivity index (χ1v) is 9.37. The molecule has 1 aliphatic rings. The van der Waals surface area contributed by atoms with E-state index < -0.39 is 0 Å². The van der Waals surface area contributed by atoms with Crippen LogP contribution in [0.15, 0.2) is 53.4 Å². The number of anilines is 2. The topological polar surface area (TPSA) is 71.5 Å². The molecule has 1 aliphatic heterocycles. The zero-order valence-corrected chi connectivity index (χ0v) is 15.5. The monoisotopic (exact) mass is 379 g/mol. The predicted octanol–water partition coefficient (Wildman–Crippen LogP) is 3.48. The summed E-state index contributed by atoms with van der Waals surface area (Å²) in [4.78, 5) is 30.7. The van der Waals surface area contributed by atoms with Crippen molar-refractivity contribution < 1.29 is 14.3 Å². The number of hydrogen-bond acceptors (Lipinski definition) is 5. The molecule has 2 aromatic carbocycles. The standard InChI is InChI=1S/C20H17N3O3S/c1-13-4-2-3-5-15(13)22-19(24)9-23-17-8-14(16-11-27-12-21-16)6-7-18(17)26-10-20(23)25/h2-8,11-12H,9-10H2,1H3,(H,22,24). The maximum atomic E-state index is 12.5. The number of amides is 2. The largest absolute Gasteiger partial charge is 0.482 e. The van der Waals surface area contributed by atoms with Crippen molar-refractivity contribution in [3.63, 3.8) is 0 Å². The van der Waals surface area contributed by atoms with Crippen LogP contribution in [0.3, 0.4) is 0 Å². The molecule has 0 atom stereocenters. The molecule has 0 aliphatic carbocycles. The highest BCUT2D eigenvalue weighted by atomic mass is 32.1. The Balaban J connectivity index is 1.60. The number of fused-ring (bicyclic) bond motifs is 1. The summed E-state index contributed by atoms with van der Waals surface area (Å²) in [6.45, 7) is 1.76. The van der Waals surface area contributed by atoms with E-state index in [0.29, 0.717) is 11.4 Å². The molecule has 0 spiro atoms. The number of carbonyl (C=O) groups is 2. The summed E-state index contributed by atoms with van der Waals surface area (Å²) in [5.74, 6) is 0.0692. The first-order chi connectivity index (χ1) is 13.1. The summed E-state index contributed by atoms with van der Waals surface area (Å²) >= 11 is 1.50. The first kappa shape index (κ1) is 17.2. The Kier molecular flexibility index (Phi) is 4.60. The predicted molar refractivity (Wildman–Crippen MR) is 105 cm³/mol.